The maximum absolute atomic E-state index is 11.7. The lowest BCUT2D eigenvalue weighted by Crippen LogP contribution is -2.41. The van der Waals surface area contributed by atoms with Crippen LogP contribution in [0.2, 0.25) is 5.02 Å². The maximum Gasteiger partial charge on any atom is 0.331 e. The Morgan fingerprint density at radius 1 is 1.50 bits per heavy atom. The van der Waals surface area contributed by atoms with Gasteiger partial charge in [-0.2, -0.15) is 5.10 Å². The first-order chi connectivity index (χ1) is 9.47. The van der Waals surface area contributed by atoms with Gasteiger partial charge in [-0.05, 0) is 18.6 Å². The van der Waals surface area contributed by atoms with Gasteiger partial charge in [-0.1, -0.05) is 29.8 Å². The average Bonchev–Trinajstić information content (AvgIpc) is 2.90. The summed E-state index contributed by atoms with van der Waals surface area (Å²) in [5.41, 5.74) is -0.476. The average molecular weight is 295 g/mol. The number of aliphatic carboxylic acids is 1. The van der Waals surface area contributed by atoms with Crippen molar-refractivity contribution in [3.05, 3.63) is 47.2 Å². The second-order valence-corrected chi connectivity index (χ2v) is 5.08. The molecule has 0 saturated heterocycles. The van der Waals surface area contributed by atoms with Gasteiger partial charge < -0.3 is 9.84 Å². The van der Waals surface area contributed by atoms with Crippen LogP contribution in [0.25, 0.3) is 0 Å². The molecule has 0 aliphatic rings. The number of methoxy groups -OCH3 is 1. The Morgan fingerprint density at radius 2 is 2.20 bits per heavy atom. The summed E-state index contributed by atoms with van der Waals surface area (Å²) in [5, 5.41) is 14.2. The molecule has 5 nitrogen and oxygen atoms in total. The SMILES string of the molecule is COc1cnn(C(C)(Cc2ccccc2Cl)C(=O)O)c1. The molecule has 0 saturated carbocycles. The molecule has 0 spiro atoms. The molecule has 1 atom stereocenters. The highest BCUT2D eigenvalue weighted by atomic mass is 35.5. The van der Waals surface area contributed by atoms with Crippen molar-refractivity contribution >= 4 is 17.6 Å². The van der Waals surface area contributed by atoms with Crippen LogP contribution in [0, 0.1) is 0 Å². The van der Waals surface area contributed by atoms with Gasteiger partial charge in [0.05, 0.1) is 19.5 Å². The number of aromatic nitrogens is 2. The topological polar surface area (TPSA) is 64.4 Å². The predicted molar refractivity (Wildman–Crippen MR) is 75.2 cm³/mol. The van der Waals surface area contributed by atoms with Crippen LogP contribution in [0.15, 0.2) is 36.7 Å². The Labute approximate surface area is 121 Å². The molecule has 1 unspecified atom stereocenters. The van der Waals surface area contributed by atoms with Gasteiger partial charge in [-0.25, -0.2) is 4.79 Å². The number of hydrogen-bond donors (Lipinski definition) is 1. The second kappa shape index (κ2) is 5.54. The minimum Gasteiger partial charge on any atom is -0.493 e. The van der Waals surface area contributed by atoms with E-state index in [0.717, 1.165) is 5.56 Å². The summed E-state index contributed by atoms with van der Waals surface area (Å²) in [5.74, 6) is -0.472. The molecule has 0 radical (unpaired) electrons. The van der Waals surface area contributed by atoms with Crippen LogP contribution in [0.4, 0.5) is 0 Å². The van der Waals surface area contributed by atoms with Gasteiger partial charge in [0.25, 0.3) is 0 Å². The first-order valence-electron chi connectivity index (χ1n) is 6.03. The second-order valence-electron chi connectivity index (χ2n) is 4.67. The highest BCUT2D eigenvalue weighted by Crippen LogP contribution is 2.27. The third-order valence-electron chi connectivity index (χ3n) is 3.25. The fourth-order valence-corrected chi connectivity index (χ4v) is 2.15. The van der Waals surface area contributed by atoms with E-state index in [-0.39, 0.29) is 6.42 Å². The summed E-state index contributed by atoms with van der Waals surface area (Å²) in [6, 6.07) is 7.18. The van der Waals surface area contributed by atoms with Gasteiger partial charge in [0.15, 0.2) is 11.3 Å². The fraction of sp³-hybridized carbons (Fsp3) is 0.286. The molecule has 1 heterocycles. The molecular formula is C14H15ClN2O3. The van der Waals surface area contributed by atoms with Crippen LogP contribution in [-0.2, 0) is 16.8 Å². The molecule has 0 aliphatic heterocycles. The van der Waals surface area contributed by atoms with E-state index in [1.165, 1.54) is 18.0 Å². The predicted octanol–water partition coefficient (Wildman–Crippen LogP) is 2.59. The fourth-order valence-electron chi connectivity index (χ4n) is 1.95. The van der Waals surface area contributed by atoms with Crippen molar-refractivity contribution in [2.75, 3.05) is 7.11 Å². The maximum atomic E-state index is 11.7. The third-order valence-corrected chi connectivity index (χ3v) is 3.62. The van der Waals surface area contributed by atoms with E-state index >= 15 is 0 Å². The molecule has 2 aromatic rings. The number of halogens is 1. The highest BCUT2D eigenvalue weighted by molar-refractivity contribution is 6.31. The van der Waals surface area contributed by atoms with Gasteiger partial charge in [0.1, 0.15) is 0 Å². The molecule has 20 heavy (non-hydrogen) atoms. The third kappa shape index (κ3) is 2.63. The Kier molecular flexibility index (Phi) is 3.99. The van der Waals surface area contributed by atoms with E-state index in [1.807, 2.05) is 12.1 Å². The zero-order chi connectivity index (χ0) is 14.8. The Morgan fingerprint density at radius 3 is 2.75 bits per heavy atom. The molecule has 0 aliphatic carbocycles. The van der Waals surface area contributed by atoms with E-state index in [9.17, 15) is 9.90 Å². The summed E-state index contributed by atoms with van der Waals surface area (Å²) in [7, 11) is 1.51. The minimum absolute atomic E-state index is 0.229. The quantitative estimate of drug-likeness (QED) is 0.920. The van der Waals surface area contributed by atoms with E-state index < -0.39 is 11.5 Å². The molecule has 0 amide bonds. The first-order valence-corrected chi connectivity index (χ1v) is 6.41. The van der Waals surface area contributed by atoms with Gasteiger partial charge in [0, 0.05) is 11.4 Å². The molecule has 0 fully saturated rings. The van der Waals surface area contributed by atoms with Crippen molar-refractivity contribution in [1.82, 2.24) is 9.78 Å². The smallest absolute Gasteiger partial charge is 0.331 e. The number of carbonyl (C=O) groups is 1. The first kappa shape index (κ1) is 14.4. The van der Waals surface area contributed by atoms with Gasteiger partial charge >= 0.3 is 5.97 Å². The normalized spacial score (nSPS) is 13.8. The molecule has 1 aromatic heterocycles. The number of ether oxygens (including phenoxy) is 1. The molecule has 1 N–H and O–H groups in total. The summed E-state index contributed by atoms with van der Waals surface area (Å²) in [6.45, 7) is 1.60. The van der Waals surface area contributed by atoms with Crippen molar-refractivity contribution in [1.29, 1.82) is 0 Å². The van der Waals surface area contributed by atoms with Crippen molar-refractivity contribution in [2.24, 2.45) is 0 Å². The molecular weight excluding hydrogens is 280 g/mol. The number of hydrogen-bond acceptors (Lipinski definition) is 3. The molecule has 0 bridgehead atoms. The molecule has 6 heteroatoms. The van der Waals surface area contributed by atoms with Gasteiger partial charge in [-0.3, -0.25) is 4.68 Å². The number of nitrogens with zero attached hydrogens (tertiary/aromatic N) is 2. The van der Waals surface area contributed by atoms with Crippen LogP contribution in [0.3, 0.4) is 0 Å². The van der Waals surface area contributed by atoms with Gasteiger partial charge in [0.2, 0.25) is 0 Å². The summed E-state index contributed by atoms with van der Waals surface area (Å²) >= 11 is 6.11. The lowest BCUT2D eigenvalue weighted by Gasteiger charge is -2.25. The van der Waals surface area contributed by atoms with Crippen LogP contribution >= 0.6 is 11.6 Å². The van der Waals surface area contributed by atoms with Crippen LogP contribution < -0.4 is 4.74 Å². The summed E-state index contributed by atoms with van der Waals surface area (Å²) in [4.78, 5) is 11.7. The minimum atomic E-state index is -1.23. The zero-order valence-corrected chi connectivity index (χ0v) is 12.0. The van der Waals surface area contributed by atoms with Gasteiger partial charge in [-0.15, -0.1) is 0 Å². The summed E-state index contributed by atoms with van der Waals surface area (Å²) < 4.78 is 6.43. The molecule has 106 valence electrons. The standard InChI is InChI=1S/C14H15ClN2O3/c1-14(13(18)19,17-9-11(20-2)8-16-17)7-10-5-3-4-6-12(10)15/h3-6,8-9H,7H2,1-2H3,(H,18,19). The zero-order valence-electron chi connectivity index (χ0n) is 11.2. The van der Waals surface area contributed by atoms with Crippen molar-refractivity contribution in [2.45, 2.75) is 18.9 Å². The lowest BCUT2D eigenvalue weighted by atomic mass is 9.93. The van der Waals surface area contributed by atoms with Crippen LogP contribution in [-0.4, -0.2) is 28.0 Å². The van der Waals surface area contributed by atoms with Crippen LogP contribution in [0.1, 0.15) is 12.5 Å². The number of benzene rings is 1. The Balaban J connectivity index is 2.40. The lowest BCUT2D eigenvalue weighted by molar-refractivity contribution is -0.147. The van der Waals surface area contributed by atoms with Crippen LogP contribution in [0.5, 0.6) is 5.75 Å². The van der Waals surface area contributed by atoms with Crippen molar-refractivity contribution in [3.8, 4) is 5.75 Å². The summed E-state index contributed by atoms with van der Waals surface area (Å²) in [6.07, 6.45) is 3.27. The number of carboxylic acids is 1. The Hall–Kier alpha value is -2.01. The molecule has 2 rings (SSSR count). The number of rotatable bonds is 5. The number of carboxylic acid groups (broad SMARTS) is 1. The van der Waals surface area contributed by atoms with E-state index in [4.69, 9.17) is 16.3 Å². The highest BCUT2D eigenvalue weighted by Gasteiger charge is 2.37. The van der Waals surface area contributed by atoms with Crippen molar-refractivity contribution < 1.29 is 14.6 Å². The molecule has 1 aromatic carbocycles. The monoisotopic (exact) mass is 294 g/mol. The van der Waals surface area contributed by atoms with E-state index in [1.54, 1.807) is 25.3 Å². The van der Waals surface area contributed by atoms with Crippen molar-refractivity contribution in [3.63, 3.8) is 0 Å². The Bertz CT molecular complexity index is 626. The van der Waals surface area contributed by atoms with E-state index in [0.29, 0.717) is 10.8 Å². The van der Waals surface area contributed by atoms with E-state index in [2.05, 4.69) is 5.10 Å². The largest absolute Gasteiger partial charge is 0.493 e.